The van der Waals surface area contributed by atoms with Crippen molar-refractivity contribution in [2.75, 3.05) is 11.4 Å². The van der Waals surface area contributed by atoms with E-state index in [0.717, 1.165) is 25.1 Å². The summed E-state index contributed by atoms with van der Waals surface area (Å²) in [4.78, 5) is 16.0. The van der Waals surface area contributed by atoms with Gasteiger partial charge in [-0.05, 0) is 42.7 Å². The van der Waals surface area contributed by atoms with Crippen LogP contribution in [0, 0.1) is 0 Å². The standard InChI is InChI=1S/C19H15F3N2O/c20-19(21,22)15-11-18(25)23-16-8-7-13(10-14(15)16)24-9-3-5-12-4-1-2-6-17(12)24/h1-2,4,6-8,10-11H,3,5,9H2,(H,23,25). The van der Waals surface area contributed by atoms with E-state index in [0.29, 0.717) is 11.8 Å². The molecule has 3 aromatic rings. The number of H-pyrrole nitrogens is 1. The first-order valence-corrected chi connectivity index (χ1v) is 8.03. The molecule has 0 atom stereocenters. The van der Waals surface area contributed by atoms with Crippen LogP contribution in [0.15, 0.2) is 53.3 Å². The van der Waals surface area contributed by atoms with Gasteiger partial charge in [0.15, 0.2) is 0 Å². The number of pyridine rings is 1. The molecule has 0 saturated heterocycles. The van der Waals surface area contributed by atoms with E-state index in [1.54, 1.807) is 12.1 Å². The minimum Gasteiger partial charge on any atom is -0.341 e. The monoisotopic (exact) mass is 344 g/mol. The Morgan fingerprint density at radius 3 is 2.64 bits per heavy atom. The molecule has 0 unspecified atom stereocenters. The maximum Gasteiger partial charge on any atom is 0.417 e. The summed E-state index contributed by atoms with van der Waals surface area (Å²) in [6, 6.07) is 13.3. The second-order valence-corrected chi connectivity index (χ2v) is 6.16. The number of aromatic nitrogens is 1. The Balaban J connectivity index is 1.91. The van der Waals surface area contributed by atoms with Gasteiger partial charge in [-0.3, -0.25) is 4.79 Å². The topological polar surface area (TPSA) is 36.1 Å². The second kappa shape index (κ2) is 5.65. The highest BCUT2D eigenvalue weighted by atomic mass is 19.4. The molecule has 1 aliphatic rings. The Kier molecular flexibility index (Phi) is 3.56. The number of fused-ring (bicyclic) bond motifs is 2. The van der Waals surface area contributed by atoms with Crippen LogP contribution in [0.25, 0.3) is 10.9 Å². The number of hydrogen-bond acceptors (Lipinski definition) is 2. The molecule has 0 aliphatic carbocycles. The number of nitrogens with one attached hydrogen (secondary N) is 1. The number of para-hydroxylation sites is 1. The lowest BCUT2D eigenvalue weighted by Gasteiger charge is -2.31. The summed E-state index contributed by atoms with van der Waals surface area (Å²) >= 11 is 0. The third-order valence-corrected chi connectivity index (χ3v) is 4.55. The number of aryl methyl sites for hydroxylation is 1. The Bertz CT molecular complexity index is 1010. The number of alkyl halides is 3. The fraction of sp³-hybridized carbons (Fsp3) is 0.211. The first-order valence-electron chi connectivity index (χ1n) is 8.03. The number of anilines is 2. The van der Waals surface area contributed by atoms with Crippen LogP contribution in [0.1, 0.15) is 17.5 Å². The summed E-state index contributed by atoms with van der Waals surface area (Å²) in [6.45, 7) is 0.743. The van der Waals surface area contributed by atoms with Gasteiger partial charge in [0, 0.05) is 34.9 Å². The molecular weight excluding hydrogens is 329 g/mol. The summed E-state index contributed by atoms with van der Waals surface area (Å²) < 4.78 is 40.0. The van der Waals surface area contributed by atoms with E-state index < -0.39 is 17.3 Å². The predicted molar refractivity (Wildman–Crippen MR) is 91.3 cm³/mol. The van der Waals surface area contributed by atoms with Crippen molar-refractivity contribution in [1.82, 2.24) is 4.98 Å². The average molecular weight is 344 g/mol. The summed E-state index contributed by atoms with van der Waals surface area (Å²) in [6.07, 6.45) is -2.68. The third kappa shape index (κ3) is 2.77. The van der Waals surface area contributed by atoms with Gasteiger partial charge in [0.05, 0.1) is 5.56 Å². The largest absolute Gasteiger partial charge is 0.417 e. The summed E-state index contributed by atoms with van der Waals surface area (Å²) in [5.41, 5.74) is 1.43. The molecule has 128 valence electrons. The zero-order valence-corrected chi connectivity index (χ0v) is 13.2. The van der Waals surface area contributed by atoms with Crippen molar-refractivity contribution >= 4 is 22.3 Å². The van der Waals surface area contributed by atoms with Gasteiger partial charge in [-0.2, -0.15) is 13.2 Å². The SMILES string of the molecule is O=c1cc(C(F)(F)F)c2cc(N3CCCc4ccccc43)ccc2[nH]1. The number of aromatic amines is 1. The van der Waals surface area contributed by atoms with Gasteiger partial charge in [-0.25, -0.2) is 0 Å². The van der Waals surface area contributed by atoms with E-state index in [4.69, 9.17) is 0 Å². The van der Waals surface area contributed by atoms with E-state index >= 15 is 0 Å². The van der Waals surface area contributed by atoms with Crippen LogP contribution in [0.3, 0.4) is 0 Å². The van der Waals surface area contributed by atoms with E-state index in [1.165, 1.54) is 11.6 Å². The number of benzene rings is 2. The van der Waals surface area contributed by atoms with E-state index in [9.17, 15) is 18.0 Å². The second-order valence-electron chi connectivity index (χ2n) is 6.16. The zero-order valence-electron chi connectivity index (χ0n) is 13.2. The predicted octanol–water partition coefficient (Wildman–Crippen LogP) is 4.63. The molecule has 2 heterocycles. The molecule has 1 aliphatic heterocycles. The highest BCUT2D eigenvalue weighted by molar-refractivity contribution is 5.87. The van der Waals surface area contributed by atoms with Crippen molar-refractivity contribution in [3.8, 4) is 0 Å². The molecule has 6 heteroatoms. The summed E-state index contributed by atoms with van der Waals surface area (Å²) in [5, 5.41) is 0.00709. The van der Waals surface area contributed by atoms with Gasteiger partial charge in [0.2, 0.25) is 5.56 Å². The van der Waals surface area contributed by atoms with Crippen LogP contribution in [0.5, 0.6) is 0 Å². The van der Waals surface area contributed by atoms with Gasteiger partial charge in [0.25, 0.3) is 0 Å². The lowest BCUT2D eigenvalue weighted by molar-refractivity contribution is -0.136. The highest BCUT2D eigenvalue weighted by Crippen LogP contribution is 2.38. The molecule has 3 nitrogen and oxygen atoms in total. The molecule has 0 spiro atoms. The molecule has 0 radical (unpaired) electrons. The van der Waals surface area contributed by atoms with Crippen molar-refractivity contribution in [1.29, 1.82) is 0 Å². The minimum absolute atomic E-state index is 0.00709. The van der Waals surface area contributed by atoms with Gasteiger partial charge >= 0.3 is 6.18 Å². The first kappa shape index (κ1) is 15.7. The van der Waals surface area contributed by atoms with Crippen LogP contribution in [-0.4, -0.2) is 11.5 Å². The van der Waals surface area contributed by atoms with Crippen molar-refractivity contribution in [2.24, 2.45) is 0 Å². The normalized spacial score (nSPS) is 14.6. The molecule has 0 fully saturated rings. The van der Waals surface area contributed by atoms with Crippen molar-refractivity contribution in [3.63, 3.8) is 0 Å². The fourth-order valence-corrected chi connectivity index (χ4v) is 3.45. The van der Waals surface area contributed by atoms with Crippen molar-refractivity contribution in [3.05, 3.63) is 70.0 Å². The Labute approximate surface area is 141 Å². The smallest absolute Gasteiger partial charge is 0.341 e. The molecule has 25 heavy (non-hydrogen) atoms. The molecule has 4 rings (SSSR count). The van der Waals surface area contributed by atoms with Crippen molar-refractivity contribution in [2.45, 2.75) is 19.0 Å². The zero-order chi connectivity index (χ0) is 17.6. The average Bonchev–Trinajstić information content (AvgIpc) is 2.59. The lowest BCUT2D eigenvalue weighted by atomic mass is 10.0. The molecule has 0 saturated carbocycles. The van der Waals surface area contributed by atoms with Gasteiger partial charge in [0.1, 0.15) is 0 Å². The Hall–Kier alpha value is -2.76. The molecular formula is C19H15F3N2O. The first-order chi connectivity index (χ1) is 11.9. The maximum atomic E-state index is 13.3. The number of nitrogens with zero attached hydrogens (tertiary/aromatic N) is 1. The molecule has 2 aromatic carbocycles. The number of rotatable bonds is 1. The number of hydrogen-bond donors (Lipinski definition) is 1. The number of halogens is 3. The van der Waals surface area contributed by atoms with Crippen LogP contribution in [0.4, 0.5) is 24.5 Å². The molecule has 0 amide bonds. The minimum atomic E-state index is -4.58. The van der Waals surface area contributed by atoms with E-state index in [1.807, 2.05) is 29.2 Å². The maximum absolute atomic E-state index is 13.3. The van der Waals surface area contributed by atoms with Crippen molar-refractivity contribution < 1.29 is 13.2 Å². The van der Waals surface area contributed by atoms with Crippen LogP contribution in [0.2, 0.25) is 0 Å². The van der Waals surface area contributed by atoms with Crippen LogP contribution in [-0.2, 0) is 12.6 Å². The van der Waals surface area contributed by atoms with Crippen LogP contribution < -0.4 is 10.5 Å². The fourth-order valence-electron chi connectivity index (χ4n) is 3.45. The van der Waals surface area contributed by atoms with Gasteiger partial charge in [-0.1, -0.05) is 18.2 Å². The molecule has 0 bridgehead atoms. The van der Waals surface area contributed by atoms with Gasteiger partial charge in [-0.15, -0.1) is 0 Å². The quantitative estimate of drug-likeness (QED) is 0.699. The molecule has 1 aromatic heterocycles. The summed E-state index contributed by atoms with van der Waals surface area (Å²) in [5.74, 6) is 0. The third-order valence-electron chi connectivity index (χ3n) is 4.55. The Morgan fingerprint density at radius 1 is 1.04 bits per heavy atom. The van der Waals surface area contributed by atoms with Crippen LogP contribution >= 0.6 is 0 Å². The van der Waals surface area contributed by atoms with Gasteiger partial charge < -0.3 is 9.88 Å². The molecule has 1 N–H and O–H groups in total. The Morgan fingerprint density at radius 2 is 1.84 bits per heavy atom. The van der Waals surface area contributed by atoms with E-state index in [2.05, 4.69) is 4.98 Å². The highest BCUT2D eigenvalue weighted by Gasteiger charge is 2.33. The van der Waals surface area contributed by atoms with E-state index in [-0.39, 0.29) is 10.9 Å². The lowest BCUT2D eigenvalue weighted by Crippen LogP contribution is -2.24. The summed E-state index contributed by atoms with van der Waals surface area (Å²) in [7, 11) is 0.